The van der Waals surface area contributed by atoms with Gasteiger partial charge in [-0.3, -0.25) is 40.5 Å². The first kappa shape index (κ1) is 42.7. The van der Waals surface area contributed by atoms with Crippen LogP contribution in [-0.2, 0) is 0 Å². The zero-order chi connectivity index (χ0) is 46.3. The Morgan fingerprint density at radius 1 is 0.299 bits per heavy atom. The van der Waals surface area contributed by atoms with E-state index in [0.717, 1.165) is 89.5 Å². The van der Waals surface area contributed by atoms with Crippen molar-refractivity contribution in [3.8, 4) is 89.5 Å². The van der Waals surface area contributed by atoms with Crippen LogP contribution in [0.25, 0.3) is 89.5 Å². The maximum Gasteiger partial charge on any atom is 0.269 e. The highest BCUT2D eigenvalue weighted by atomic mass is 32.1. The smallest absolute Gasteiger partial charge is 0.269 e. The summed E-state index contributed by atoms with van der Waals surface area (Å²) in [6, 6.07) is 52.2. The Bertz CT molecular complexity index is 3300. The first-order valence-electron chi connectivity index (χ1n) is 20.2. The molecule has 0 unspecified atom stereocenters. The number of thiophene rings is 4. The number of nitro groups is 4. The molecule has 0 aliphatic rings. The van der Waals surface area contributed by atoms with Gasteiger partial charge in [0.2, 0.25) is 0 Å². The molecule has 0 spiro atoms. The number of aromatic nitrogens is 1. The number of rotatable bonds is 13. The summed E-state index contributed by atoms with van der Waals surface area (Å²) in [7, 11) is 0. The molecule has 13 nitrogen and oxygen atoms in total. The average molecular weight is 956 g/mol. The molecule has 17 heteroatoms. The number of benzene rings is 5. The van der Waals surface area contributed by atoms with Gasteiger partial charge >= 0.3 is 0 Å². The van der Waals surface area contributed by atoms with Crippen molar-refractivity contribution >= 4 is 68.1 Å². The fourth-order valence-corrected chi connectivity index (χ4v) is 12.1. The molecule has 0 atom stereocenters. The first-order chi connectivity index (χ1) is 32.5. The van der Waals surface area contributed by atoms with Gasteiger partial charge in [0.1, 0.15) is 0 Å². The van der Waals surface area contributed by atoms with E-state index < -0.39 is 19.7 Å². The minimum Gasteiger partial charge on any atom is -0.306 e. The molecule has 0 fully saturated rings. The van der Waals surface area contributed by atoms with Crippen molar-refractivity contribution in [2.75, 3.05) is 0 Å². The number of para-hydroxylation sites is 1. The summed E-state index contributed by atoms with van der Waals surface area (Å²) in [6.45, 7) is 0. The van der Waals surface area contributed by atoms with Crippen molar-refractivity contribution in [2.24, 2.45) is 0 Å². The summed E-state index contributed by atoms with van der Waals surface area (Å²) in [5, 5.41) is 46.3. The molecule has 10 rings (SSSR count). The van der Waals surface area contributed by atoms with Crippen LogP contribution in [-0.4, -0.2) is 24.3 Å². The Kier molecular flexibility index (Phi) is 11.2. The van der Waals surface area contributed by atoms with Crippen LogP contribution in [0.3, 0.4) is 0 Å². The summed E-state index contributed by atoms with van der Waals surface area (Å²) in [4.78, 5) is 51.8. The maximum absolute atomic E-state index is 11.6. The third-order valence-electron chi connectivity index (χ3n) is 11.0. The van der Waals surface area contributed by atoms with Crippen LogP contribution in [0.1, 0.15) is 0 Å². The Morgan fingerprint density at radius 3 is 0.836 bits per heavy atom. The van der Waals surface area contributed by atoms with Gasteiger partial charge in [-0.25, -0.2) is 0 Å². The summed E-state index contributed by atoms with van der Waals surface area (Å²) in [5.41, 5.74) is 7.66. The molecule has 0 amide bonds. The molecule has 0 bridgehead atoms. The van der Waals surface area contributed by atoms with Gasteiger partial charge < -0.3 is 4.57 Å². The fraction of sp³-hybridized carbons (Fsp3) is 0. The lowest BCUT2D eigenvalue weighted by Gasteiger charge is -2.13. The number of hydrogen-bond donors (Lipinski definition) is 0. The van der Waals surface area contributed by atoms with E-state index in [1.807, 2.05) is 54.6 Å². The highest BCUT2D eigenvalue weighted by Gasteiger charge is 2.32. The maximum atomic E-state index is 11.6. The molecular weight excluding hydrogens is 927 g/mol. The largest absolute Gasteiger partial charge is 0.306 e. The zero-order valence-electron chi connectivity index (χ0n) is 34.4. The van der Waals surface area contributed by atoms with Crippen LogP contribution in [0, 0.1) is 40.5 Å². The summed E-state index contributed by atoms with van der Waals surface area (Å²) in [5.74, 6) is 0. The Labute approximate surface area is 396 Å². The normalized spacial score (nSPS) is 11.2. The molecule has 5 aromatic carbocycles. The molecule has 0 aliphatic carbocycles. The Morgan fingerprint density at radius 2 is 0.552 bits per heavy atom. The summed E-state index contributed by atoms with van der Waals surface area (Å²) < 4.78 is 2.26. The van der Waals surface area contributed by atoms with E-state index in [1.165, 1.54) is 48.5 Å². The quantitative estimate of drug-likeness (QED) is 0.0809. The van der Waals surface area contributed by atoms with Crippen LogP contribution in [0.5, 0.6) is 0 Å². The molecule has 67 heavy (non-hydrogen) atoms. The van der Waals surface area contributed by atoms with E-state index in [0.29, 0.717) is 0 Å². The average Bonchev–Trinajstić information content (AvgIpc) is 4.21. The van der Waals surface area contributed by atoms with Gasteiger partial charge in [0.15, 0.2) is 0 Å². The van der Waals surface area contributed by atoms with Crippen molar-refractivity contribution in [3.63, 3.8) is 0 Å². The molecule has 10 aromatic rings. The molecule has 0 N–H and O–H groups in total. The van der Waals surface area contributed by atoms with Gasteiger partial charge in [-0.05, 0) is 131 Å². The molecule has 0 radical (unpaired) electrons. The molecule has 0 aliphatic heterocycles. The molecule has 5 aromatic heterocycles. The van der Waals surface area contributed by atoms with Crippen molar-refractivity contribution in [1.82, 2.24) is 4.57 Å². The van der Waals surface area contributed by atoms with Gasteiger partial charge in [-0.2, -0.15) is 0 Å². The molecular formula is C50H29N5O8S4. The van der Waals surface area contributed by atoms with Crippen LogP contribution < -0.4 is 0 Å². The molecule has 326 valence electrons. The molecule has 0 saturated carbocycles. The van der Waals surface area contributed by atoms with Gasteiger partial charge in [0, 0.05) is 94.6 Å². The number of nitro benzene ring substituents is 4. The Balaban J connectivity index is 1.26. The van der Waals surface area contributed by atoms with E-state index in [-0.39, 0.29) is 22.7 Å². The van der Waals surface area contributed by atoms with Crippen molar-refractivity contribution in [2.45, 2.75) is 0 Å². The van der Waals surface area contributed by atoms with Crippen LogP contribution >= 0.6 is 45.3 Å². The molecule has 5 heterocycles. The number of hydrogen-bond acceptors (Lipinski definition) is 12. The lowest BCUT2D eigenvalue weighted by atomic mass is 10.0. The van der Waals surface area contributed by atoms with E-state index in [4.69, 9.17) is 0 Å². The first-order valence-corrected chi connectivity index (χ1v) is 23.5. The third-order valence-corrected chi connectivity index (χ3v) is 15.6. The van der Waals surface area contributed by atoms with Gasteiger partial charge in [-0.15, -0.1) is 45.3 Å². The van der Waals surface area contributed by atoms with E-state index in [1.54, 1.807) is 93.9 Å². The van der Waals surface area contributed by atoms with Crippen molar-refractivity contribution in [1.29, 1.82) is 0 Å². The Hall–Kier alpha value is -8.22. The topological polar surface area (TPSA) is 177 Å². The van der Waals surface area contributed by atoms with Gasteiger partial charge in [0.25, 0.3) is 22.7 Å². The minimum atomic E-state index is -0.425. The zero-order valence-corrected chi connectivity index (χ0v) is 37.6. The van der Waals surface area contributed by atoms with E-state index >= 15 is 0 Å². The van der Waals surface area contributed by atoms with Gasteiger partial charge in [-0.1, -0.05) is 18.2 Å². The highest BCUT2D eigenvalue weighted by molar-refractivity contribution is 7.21. The number of nitrogens with zero attached hydrogens (tertiary/aromatic N) is 5. The predicted molar refractivity (Wildman–Crippen MR) is 267 cm³/mol. The van der Waals surface area contributed by atoms with Gasteiger partial charge in [0.05, 0.1) is 40.8 Å². The lowest BCUT2D eigenvalue weighted by Crippen LogP contribution is -1.98. The highest BCUT2D eigenvalue weighted by Crippen LogP contribution is 2.56. The molecule has 0 saturated heterocycles. The monoisotopic (exact) mass is 955 g/mol. The van der Waals surface area contributed by atoms with Crippen molar-refractivity contribution in [3.05, 3.63) is 216 Å². The second-order valence-electron chi connectivity index (χ2n) is 15.0. The summed E-state index contributed by atoms with van der Waals surface area (Å²) >= 11 is 6.20. The van der Waals surface area contributed by atoms with Crippen LogP contribution in [0.2, 0.25) is 0 Å². The lowest BCUT2D eigenvalue weighted by molar-refractivity contribution is -0.385. The summed E-state index contributed by atoms with van der Waals surface area (Å²) in [6.07, 6.45) is 0. The van der Waals surface area contributed by atoms with E-state index in [2.05, 4.69) is 28.8 Å². The van der Waals surface area contributed by atoms with Crippen molar-refractivity contribution < 1.29 is 19.7 Å². The standard InChI is InChI=1S/C50H29N5O8S4/c56-52(57)35-14-6-30(7-15-35)39-22-26-43(64-39)47-48(44-27-23-40(65-44)31-8-16-36(17-9-31)53(58)59)50(46-29-25-42(67-46)33-12-20-38(21-13-33)55(62)63)51(34-4-2-1-3-5-34)49(47)45-28-24-41(66-45)32-10-18-37(19-11-32)54(60)61/h1-29H. The number of non-ortho nitro benzene ring substituents is 4. The fourth-order valence-electron chi connectivity index (χ4n) is 7.84. The second kappa shape index (κ2) is 17.6. The minimum absolute atomic E-state index is 0.00957. The van der Waals surface area contributed by atoms with Crippen LogP contribution in [0.4, 0.5) is 22.7 Å². The predicted octanol–water partition coefficient (Wildman–Crippen LogP) is 15.7. The van der Waals surface area contributed by atoms with Crippen LogP contribution in [0.15, 0.2) is 176 Å². The third kappa shape index (κ3) is 8.23. The van der Waals surface area contributed by atoms with E-state index in [9.17, 15) is 40.5 Å². The second-order valence-corrected chi connectivity index (χ2v) is 19.3. The SMILES string of the molecule is O=[N+]([O-])c1ccc(-c2ccc(-c3c(-c4ccc(-c5ccc([N+](=O)[O-])cc5)s4)c(-c4ccc(-c5ccc([N+](=O)[O-])cc5)s4)n(-c4ccccc4)c3-c3ccc(-c4ccc([N+](=O)[O-])cc4)s3)s2)cc1.